The van der Waals surface area contributed by atoms with E-state index < -0.39 is 0 Å². The van der Waals surface area contributed by atoms with Crippen molar-refractivity contribution < 1.29 is 9.53 Å². The Hall–Kier alpha value is -0.610. The number of piperidine rings is 1. The van der Waals surface area contributed by atoms with Gasteiger partial charge in [0.2, 0.25) is 5.91 Å². The number of carbonyl (C=O) groups excluding carboxylic acids is 1. The summed E-state index contributed by atoms with van der Waals surface area (Å²) in [6.45, 7) is 5.39. The summed E-state index contributed by atoms with van der Waals surface area (Å²) < 4.78 is 4.93. The van der Waals surface area contributed by atoms with Crippen molar-refractivity contribution in [1.29, 1.82) is 0 Å². The van der Waals surface area contributed by atoms with Crippen molar-refractivity contribution in [3.63, 3.8) is 0 Å². The van der Waals surface area contributed by atoms with Gasteiger partial charge in [0.25, 0.3) is 0 Å². The summed E-state index contributed by atoms with van der Waals surface area (Å²) in [5.74, 6) is 0.216. The van der Waals surface area contributed by atoms with Gasteiger partial charge in [0.05, 0.1) is 13.0 Å². The van der Waals surface area contributed by atoms with Gasteiger partial charge >= 0.3 is 0 Å². The lowest BCUT2D eigenvalue weighted by molar-refractivity contribution is -0.134. The Labute approximate surface area is 92.0 Å². The van der Waals surface area contributed by atoms with Crippen molar-refractivity contribution in [3.05, 3.63) is 0 Å². The van der Waals surface area contributed by atoms with Crippen molar-refractivity contribution >= 4 is 5.91 Å². The lowest BCUT2D eigenvalue weighted by atomic mass is 10.1. The van der Waals surface area contributed by atoms with Gasteiger partial charge in [0.1, 0.15) is 0 Å². The number of likely N-dealkylation sites (N-methyl/N-ethyl adjacent to an activating group) is 1. The Morgan fingerprint density at radius 1 is 1.60 bits per heavy atom. The Balaban J connectivity index is 2.41. The Kier molecular flexibility index (Phi) is 5.65. The van der Waals surface area contributed by atoms with Crippen LogP contribution in [-0.2, 0) is 9.53 Å². The van der Waals surface area contributed by atoms with Crippen molar-refractivity contribution in [2.24, 2.45) is 0 Å². The standard InChI is InChI=1S/C11H22N2O2/c1-3-13(11(14)6-8-15-2)10-5-4-7-12-9-10/h10,12H,3-9H2,1-2H3. The van der Waals surface area contributed by atoms with E-state index in [0.717, 1.165) is 26.1 Å². The molecule has 0 bridgehead atoms. The quantitative estimate of drug-likeness (QED) is 0.729. The first kappa shape index (κ1) is 12.5. The highest BCUT2D eigenvalue weighted by molar-refractivity contribution is 5.76. The largest absolute Gasteiger partial charge is 0.384 e. The van der Waals surface area contributed by atoms with Gasteiger partial charge in [-0.2, -0.15) is 0 Å². The van der Waals surface area contributed by atoms with Crippen LogP contribution in [0.4, 0.5) is 0 Å². The average molecular weight is 214 g/mol. The van der Waals surface area contributed by atoms with Crippen molar-refractivity contribution in [3.8, 4) is 0 Å². The summed E-state index contributed by atoms with van der Waals surface area (Å²) in [6.07, 6.45) is 2.79. The molecule has 0 aromatic carbocycles. The first-order valence-electron chi connectivity index (χ1n) is 5.78. The molecule has 0 aromatic rings. The SMILES string of the molecule is CCN(C(=O)CCOC)C1CCCNC1. The smallest absolute Gasteiger partial charge is 0.225 e. The van der Waals surface area contributed by atoms with Crippen LogP contribution >= 0.6 is 0 Å². The Morgan fingerprint density at radius 2 is 2.40 bits per heavy atom. The van der Waals surface area contributed by atoms with Crippen molar-refractivity contribution in [2.75, 3.05) is 33.4 Å². The third-order valence-electron chi connectivity index (χ3n) is 2.89. The van der Waals surface area contributed by atoms with Crippen LogP contribution in [0.1, 0.15) is 26.2 Å². The maximum Gasteiger partial charge on any atom is 0.225 e. The lowest BCUT2D eigenvalue weighted by Crippen LogP contribution is -2.48. The number of hydrogen-bond acceptors (Lipinski definition) is 3. The summed E-state index contributed by atoms with van der Waals surface area (Å²) in [5.41, 5.74) is 0. The van der Waals surface area contributed by atoms with Gasteiger partial charge < -0.3 is 15.0 Å². The van der Waals surface area contributed by atoms with Crippen molar-refractivity contribution in [1.82, 2.24) is 10.2 Å². The molecule has 1 heterocycles. The van der Waals surface area contributed by atoms with Crippen LogP contribution < -0.4 is 5.32 Å². The number of nitrogens with zero attached hydrogens (tertiary/aromatic N) is 1. The van der Waals surface area contributed by atoms with E-state index in [2.05, 4.69) is 5.32 Å². The molecule has 1 aliphatic heterocycles. The van der Waals surface area contributed by atoms with Gasteiger partial charge in [-0.15, -0.1) is 0 Å². The molecule has 1 unspecified atom stereocenters. The van der Waals surface area contributed by atoms with Gasteiger partial charge in [-0.25, -0.2) is 0 Å². The fourth-order valence-corrected chi connectivity index (χ4v) is 2.07. The van der Waals surface area contributed by atoms with Crippen LogP contribution in [0.2, 0.25) is 0 Å². The molecule has 15 heavy (non-hydrogen) atoms. The molecule has 0 radical (unpaired) electrons. The molecule has 1 rings (SSSR count). The third kappa shape index (κ3) is 3.80. The molecule has 1 amide bonds. The van der Waals surface area contributed by atoms with Crippen LogP contribution in [0, 0.1) is 0 Å². The van der Waals surface area contributed by atoms with E-state index in [-0.39, 0.29) is 5.91 Å². The second-order valence-electron chi connectivity index (χ2n) is 3.92. The highest BCUT2D eigenvalue weighted by Crippen LogP contribution is 2.11. The van der Waals surface area contributed by atoms with E-state index in [0.29, 0.717) is 19.1 Å². The van der Waals surface area contributed by atoms with E-state index >= 15 is 0 Å². The van der Waals surface area contributed by atoms with Crippen molar-refractivity contribution in [2.45, 2.75) is 32.2 Å². The minimum absolute atomic E-state index is 0.216. The summed E-state index contributed by atoms with van der Waals surface area (Å²) in [7, 11) is 1.63. The monoisotopic (exact) mass is 214 g/mol. The number of ether oxygens (including phenoxy) is 1. The Morgan fingerprint density at radius 3 is 2.93 bits per heavy atom. The maximum atomic E-state index is 11.9. The fraction of sp³-hybridized carbons (Fsp3) is 0.909. The van der Waals surface area contributed by atoms with Gasteiger partial charge in [0.15, 0.2) is 0 Å². The number of rotatable bonds is 5. The maximum absolute atomic E-state index is 11.9. The van der Waals surface area contributed by atoms with E-state index in [1.54, 1.807) is 7.11 Å². The molecule has 88 valence electrons. The number of methoxy groups -OCH3 is 1. The molecule has 1 atom stereocenters. The molecular weight excluding hydrogens is 192 g/mol. The predicted octanol–water partition coefficient (Wildman–Crippen LogP) is 0.623. The average Bonchev–Trinajstić information content (AvgIpc) is 2.29. The number of nitrogens with one attached hydrogen (secondary N) is 1. The van der Waals surface area contributed by atoms with E-state index in [1.165, 1.54) is 6.42 Å². The van der Waals surface area contributed by atoms with Gasteiger partial charge in [-0.3, -0.25) is 4.79 Å². The molecule has 0 aliphatic carbocycles. The molecule has 1 aliphatic rings. The highest BCUT2D eigenvalue weighted by Gasteiger charge is 2.23. The number of amides is 1. The molecule has 1 saturated heterocycles. The normalized spacial score (nSPS) is 21.3. The minimum atomic E-state index is 0.216. The van der Waals surface area contributed by atoms with E-state index in [9.17, 15) is 4.79 Å². The van der Waals surface area contributed by atoms with Crippen LogP contribution in [0.3, 0.4) is 0 Å². The third-order valence-corrected chi connectivity index (χ3v) is 2.89. The molecule has 4 nitrogen and oxygen atoms in total. The van der Waals surface area contributed by atoms with Crippen LogP contribution in [0.5, 0.6) is 0 Å². The van der Waals surface area contributed by atoms with Crippen LogP contribution in [0.15, 0.2) is 0 Å². The zero-order valence-electron chi connectivity index (χ0n) is 9.79. The van der Waals surface area contributed by atoms with Gasteiger partial charge in [-0.05, 0) is 26.3 Å². The molecule has 4 heteroatoms. The molecular formula is C11H22N2O2. The highest BCUT2D eigenvalue weighted by atomic mass is 16.5. The molecule has 0 aromatic heterocycles. The number of carbonyl (C=O) groups is 1. The fourth-order valence-electron chi connectivity index (χ4n) is 2.07. The summed E-state index contributed by atoms with van der Waals surface area (Å²) in [4.78, 5) is 13.8. The van der Waals surface area contributed by atoms with Crippen LogP contribution in [-0.4, -0.2) is 50.2 Å². The van der Waals surface area contributed by atoms with Gasteiger partial charge in [-0.1, -0.05) is 0 Å². The first-order chi connectivity index (χ1) is 7.29. The van der Waals surface area contributed by atoms with Crippen LogP contribution in [0.25, 0.3) is 0 Å². The molecule has 1 fully saturated rings. The minimum Gasteiger partial charge on any atom is -0.384 e. The Bertz CT molecular complexity index is 191. The molecule has 1 N–H and O–H groups in total. The van der Waals surface area contributed by atoms with E-state index in [1.807, 2.05) is 11.8 Å². The zero-order valence-corrected chi connectivity index (χ0v) is 9.79. The second-order valence-corrected chi connectivity index (χ2v) is 3.92. The molecule has 0 saturated carbocycles. The summed E-state index contributed by atoms with van der Waals surface area (Å²) in [6, 6.07) is 0.383. The molecule has 0 spiro atoms. The van der Waals surface area contributed by atoms with E-state index in [4.69, 9.17) is 4.74 Å². The summed E-state index contributed by atoms with van der Waals surface area (Å²) in [5, 5.41) is 3.34. The van der Waals surface area contributed by atoms with Gasteiger partial charge in [0, 0.05) is 26.2 Å². The summed E-state index contributed by atoms with van der Waals surface area (Å²) >= 11 is 0. The second kappa shape index (κ2) is 6.80. The predicted molar refractivity (Wildman–Crippen MR) is 59.8 cm³/mol. The number of hydrogen-bond donors (Lipinski definition) is 1. The first-order valence-corrected chi connectivity index (χ1v) is 5.78. The lowest BCUT2D eigenvalue weighted by Gasteiger charge is -2.34. The zero-order chi connectivity index (χ0) is 11.1. The topological polar surface area (TPSA) is 41.6 Å².